The Morgan fingerprint density at radius 1 is 0.900 bits per heavy atom. The Labute approximate surface area is 235 Å². The van der Waals surface area contributed by atoms with E-state index >= 15 is 0 Å². The molecule has 1 fully saturated rings. The molecule has 6 N–H and O–H groups in total. The lowest BCUT2D eigenvalue weighted by Crippen LogP contribution is -2.46. The number of benzene rings is 1. The molecular formula is C28H46N2O10. The molecule has 2 aliphatic rings. The standard InChI is InChI=1S/C23H36N2O4.C4H6O6.CH4/c1-2-3-4-5-6-9-22(26)24-19(17-25-12-7-8-13-25)23(27)18-10-11-20-21(16-18)29-15-14-28-20;5-1(3(7)8)2(6)4(9)10;/h10-11,16,19,23,27H,2-9,12-15,17H2,1H3,(H,24,26);1-2,5-6H,(H,7,8)(H,9,10);1H4/t19-,23-;1-,2-;/m01./s1. The third-order valence-corrected chi connectivity index (χ3v) is 6.60. The van der Waals surface area contributed by atoms with Crippen molar-refractivity contribution in [1.82, 2.24) is 10.2 Å². The molecule has 40 heavy (non-hydrogen) atoms. The van der Waals surface area contributed by atoms with Gasteiger partial charge in [-0.25, -0.2) is 9.59 Å². The molecule has 0 unspecified atom stereocenters. The minimum absolute atomic E-state index is 0. The lowest BCUT2D eigenvalue weighted by atomic mass is 10.0. The number of fused-ring (bicyclic) bond motifs is 1. The summed E-state index contributed by atoms with van der Waals surface area (Å²) in [4.78, 5) is 34.4. The Morgan fingerprint density at radius 2 is 1.48 bits per heavy atom. The number of carbonyl (C=O) groups excluding carboxylic acids is 1. The van der Waals surface area contributed by atoms with Gasteiger partial charge in [0.1, 0.15) is 19.3 Å². The van der Waals surface area contributed by atoms with E-state index in [1.54, 1.807) is 0 Å². The minimum atomic E-state index is -2.27. The molecule has 2 aliphatic heterocycles. The van der Waals surface area contributed by atoms with Crippen molar-refractivity contribution in [2.75, 3.05) is 32.8 Å². The van der Waals surface area contributed by atoms with Crippen LogP contribution in [0.3, 0.4) is 0 Å². The van der Waals surface area contributed by atoms with E-state index < -0.39 is 30.3 Å². The predicted octanol–water partition coefficient (Wildman–Crippen LogP) is 1.95. The number of nitrogens with zero attached hydrogens (tertiary/aromatic N) is 1. The molecule has 3 rings (SSSR count). The zero-order chi connectivity index (χ0) is 28.8. The summed E-state index contributed by atoms with van der Waals surface area (Å²) in [5, 5.41) is 46.7. The summed E-state index contributed by atoms with van der Waals surface area (Å²) in [5.41, 5.74) is 0.752. The van der Waals surface area contributed by atoms with Crippen LogP contribution in [0.1, 0.15) is 77.4 Å². The van der Waals surface area contributed by atoms with Crippen molar-refractivity contribution in [3.05, 3.63) is 23.8 Å². The topological polar surface area (TPSA) is 186 Å². The first-order valence-corrected chi connectivity index (χ1v) is 13.5. The highest BCUT2D eigenvalue weighted by Crippen LogP contribution is 2.33. The lowest BCUT2D eigenvalue weighted by molar-refractivity contribution is -0.165. The number of rotatable bonds is 14. The van der Waals surface area contributed by atoms with E-state index in [0.717, 1.165) is 31.5 Å². The van der Waals surface area contributed by atoms with Gasteiger partial charge in [-0.1, -0.05) is 46.1 Å². The summed E-state index contributed by atoms with van der Waals surface area (Å²) in [6.07, 6.45) is 3.16. The van der Waals surface area contributed by atoms with Crippen LogP contribution < -0.4 is 14.8 Å². The summed E-state index contributed by atoms with van der Waals surface area (Å²) in [6.45, 7) is 5.96. The highest BCUT2D eigenvalue weighted by atomic mass is 16.6. The lowest BCUT2D eigenvalue weighted by Gasteiger charge is -2.29. The first-order chi connectivity index (χ1) is 18.6. The van der Waals surface area contributed by atoms with E-state index in [-0.39, 0.29) is 19.4 Å². The van der Waals surface area contributed by atoms with Crippen LogP contribution in [0.2, 0.25) is 0 Å². The number of likely N-dealkylation sites (tertiary alicyclic amines) is 1. The molecule has 1 aromatic rings. The summed E-state index contributed by atoms with van der Waals surface area (Å²) >= 11 is 0. The number of unbranched alkanes of at least 4 members (excludes halogenated alkanes) is 4. The quantitative estimate of drug-likeness (QED) is 0.180. The second kappa shape index (κ2) is 18.4. The van der Waals surface area contributed by atoms with Crippen molar-refractivity contribution < 1.29 is 49.4 Å². The molecule has 1 saturated heterocycles. The number of aliphatic hydroxyl groups excluding tert-OH is 3. The van der Waals surface area contributed by atoms with Crippen molar-refractivity contribution in [1.29, 1.82) is 0 Å². The Balaban J connectivity index is 0.000000624. The summed E-state index contributed by atoms with van der Waals surface area (Å²) in [6, 6.07) is 5.22. The Kier molecular flexibility index (Phi) is 16.2. The number of hydrogen-bond acceptors (Lipinski definition) is 9. The van der Waals surface area contributed by atoms with Crippen molar-refractivity contribution in [2.24, 2.45) is 0 Å². The van der Waals surface area contributed by atoms with Gasteiger partial charge in [0.25, 0.3) is 0 Å². The molecule has 1 aromatic carbocycles. The number of carboxylic acid groups (broad SMARTS) is 2. The smallest absolute Gasteiger partial charge is 0.335 e. The monoisotopic (exact) mass is 570 g/mol. The highest BCUT2D eigenvalue weighted by molar-refractivity contribution is 5.83. The third-order valence-electron chi connectivity index (χ3n) is 6.60. The maximum Gasteiger partial charge on any atom is 0.335 e. The van der Waals surface area contributed by atoms with Gasteiger partial charge < -0.3 is 45.2 Å². The van der Waals surface area contributed by atoms with Crippen LogP contribution in [-0.4, -0.2) is 99.4 Å². The zero-order valence-electron chi connectivity index (χ0n) is 22.5. The second-order valence-corrected chi connectivity index (χ2v) is 9.76. The van der Waals surface area contributed by atoms with Gasteiger partial charge >= 0.3 is 11.9 Å². The normalized spacial score (nSPS) is 17.3. The molecule has 0 aliphatic carbocycles. The van der Waals surface area contributed by atoms with E-state index in [9.17, 15) is 19.5 Å². The van der Waals surface area contributed by atoms with E-state index in [4.69, 9.17) is 29.9 Å². The van der Waals surface area contributed by atoms with Gasteiger partial charge in [0, 0.05) is 13.0 Å². The van der Waals surface area contributed by atoms with Gasteiger partial charge in [0.15, 0.2) is 23.7 Å². The van der Waals surface area contributed by atoms with Crippen LogP contribution in [0, 0.1) is 0 Å². The van der Waals surface area contributed by atoms with Crippen LogP contribution >= 0.6 is 0 Å². The maximum absolute atomic E-state index is 12.5. The molecular weight excluding hydrogens is 524 g/mol. The van der Waals surface area contributed by atoms with E-state index in [1.165, 1.54) is 32.1 Å². The summed E-state index contributed by atoms with van der Waals surface area (Å²) in [7, 11) is 0. The minimum Gasteiger partial charge on any atom is -0.486 e. The van der Waals surface area contributed by atoms with Crippen LogP contribution in [0.4, 0.5) is 0 Å². The molecule has 12 heteroatoms. The molecule has 2 heterocycles. The maximum atomic E-state index is 12.5. The molecule has 0 radical (unpaired) electrons. The Hall–Kier alpha value is -2.93. The van der Waals surface area contributed by atoms with Crippen LogP contribution in [-0.2, 0) is 14.4 Å². The van der Waals surface area contributed by atoms with E-state index in [2.05, 4.69) is 17.1 Å². The van der Waals surface area contributed by atoms with Gasteiger partial charge in [-0.3, -0.25) is 4.79 Å². The van der Waals surface area contributed by atoms with Gasteiger partial charge in [0.2, 0.25) is 5.91 Å². The van der Waals surface area contributed by atoms with Crippen molar-refractivity contribution in [3.8, 4) is 11.5 Å². The predicted molar refractivity (Wildman–Crippen MR) is 147 cm³/mol. The van der Waals surface area contributed by atoms with Gasteiger partial charge in [-0.05, 0) is 50.0 Å². The van der Waals surface area contributed by atoms with Crippen molar-refractivity contribution >= 4 is 17.8 Å². The number of carbonyl (C=O) groups is 3. The highest BCUT2D eigenvalue weighted by Gasteiger charge is 2.29. The number of amides is 1. The van der Waals surface area contributed by atoms with E-state index in [0.29, 0.717) is 37.7 Å². The third kappa shape index (κ3) is 11.7. The fraction of sp³-hybridized carbons (Fsp3) is 0.679. The van der Waals surface area contributed by atoms with Gasteiger partial charge in [-0.2, -0.15) is 0 Å². The second-order valence-electron chi connectivity index (χ2n) is 9.76. The van der Waals surface area contributed by atoms with Crippen LogP contribution in [0.25, 0.3) is 0 Å². The first kappa shape index (κ1) is 35.1. The summed E-state index contributed by atoms with van der Waals surface area (Å²) < 4.78 is 11.2. The number of hydrogen-bond donors (Lipinski definition) is 6. The van der Waals surface area contributed by atoms with Crippen molar-refractivity contribution in [2.45, 2.75) is 90.1 Å². The van der Waals surface area contributed by atoms with Crippen molar-refractivity contribution in [3.63, 3.8) is 0 Å². The average Bonchev–Trinajstić information content (AvgIpc) is 3.44. The largest absolute Gasteiger partial charge is 0.486 e. The number of nitrogens with one attached hydrogen (secondary N) is 1. The Bertz CT molecular complexity index is 904. The molecule has 1 amide bonds. The molecule has 4 atom stereocenters. The van der Waals surface area contributed by atoms with Gasteiger partial charge in [-0.15, -0.1) is 0 Å². The SMILES string of the molecule is C.CCCCCCCC(=O)N[C@@H](CN1CCCC1)[C@@H](O)c1ccc2c(c1)OCCO2.O=C(O)[C@H](O)[C@@H](O)C(=O)O. The molecule has 0 saturated carbocycles. The van der Waals surface area contributed by atoms with Gasteiger partial charge in [0.05, 0.1) is 6.04 Å². The number of ether oxygens (including phenoxy) is 2. The molecule has 12 nitrogen and oxygen atoms in total. The fourth-order valence-electron chi connectivity index (χ4n) is 4.38. The van der Waals surface area contributed by atoms with Crippen LogP contribution in [0.5, 0.6) is 11.5 Å². The molecule has 0 aromatic heterocycles. The fourth-order valence-corrected chi connectivity index (χ4v) is 4.38. The Morgan fingerprint density at radius 3 is 2.05 bits per heavy atom. The summed E-state index contributed by atoms with van der Waals surface area (Å²) in [5.74, 6) is -2.14. The number of carboxylic acids is 2. The molecule has 228 valence electrons. The zero-order valence-corrected chi connectivity index (χ0v) is 22.5. The van der Waals surface area contributed by atoms with Crippen LogP contribution in [0.15, 0.2) is 18.2 Å². The first-order valence-electron chi connectivity index (χ1n) is 13.5. The number of aliphatic carboxylic acids is 2. The molecule has 0 spiro atoms. The number of aliphatic hydroxyl groups is 3. The molecule has 0 bridgehead atoms. The average molecular weight is 571 g/mol. The van der Waals surface area contributed by atoms with E-state index in [1.807, 2.05) is 18.2 Å².